The molecular formula is C27H29N. The first-order valence-corrected chi connectivity index (χ1v) is 9.75. The average molecular weight is 368 g/mol. The molecule has 1 fully saturated rings. The molecule has 0 aromatic heterocycles. The normalized spacial score (nSPS) is 19.5. The number of hydrogen-bond donors (Lipinski definition) is 1. The van der Waals surface area contributed by atoms with Crippen molar-refractivity contribution in [3.8, 4) is 11.1 Å². The number of allylic oxidation sites excluding steroid dienone is 7. The lowest BCUT2D eigenvalue weighted by Crippen LogP contribution is -2.12. The van der Waals surface area contributed by atoms with E-state index in [1.54, 1.807) is 0 Å². The van der Waals surface area contributed by atoms with Crippen LogP contribution in [0.5, 0.6) is 0 Å². The topological polar surface area (TPSA) is 12.0 Å². The molecule has 28 heavy (non-hydrogen) atoms. The number of anilines is 1. The predicted molar refractivity (Wildman–Crippen MR) is 123 cm³/mol. The van der Waals surface area contributed by atoms with Crippen LogP contribution in [0.15, 0.2) is 114 Å². The summed E-state index contributed by atoms with van der Waals surface area (Å²) in [4.78, 5) is 0. The standard InChI is InChI=1S/C27H29N/c1-7-23(18-26-20(4)19(3)25(8-2)27(26,5)6)28-24-16-12-15-22(17-24)21-13-10-9-11-14-21/h7-18,28H,3-4H2,1-2,5-6H3/b23-7+,25-8+,26-18+. The molecule has 1 N–H and O–H groups in total. The van der Waals surface area contributed by atoms with Crippen LogP contribution in [0.2, 0.25) is 0 Å². The molecule has 2 aromatic carbocycles. The van der Waals surface area contributed by atoms with Crippen molar-refractivity contribution in [1.82, 2.24) is 0 Å². The van der Waals surface area contributed by atoms with Gasteiger partial charge in [0.15, 0.2) is 0 Å². The Morgan fingerprint density at radius 2 is 1.50 bits per heavy atom. The maximum Gasteiger partial charge on any atom is 0.0390 e. The molecule has 0 atom stereocenters. The summed E-state index contributed by atoms with van der Waals surface area (Å²) in [6.07, 6.45) is 6.46. The maximum atomic E-state index is 4.29. The van der Waals surface area contributed by atoms with Crippen LogP contribution in [0.25, 0.3) is 11.1 Å². The van der Waals surface area contributed by atoms with E-state index in [4.69, 9.17) is 0 Å². The van der Waals surface area contributed by atoms with Crippen LogP contribution in [0.4, 0.5) is 5.69 Å². The van der Waals surface area contributed by atoms with Crippen molar-refractivity contribution in [2.75, 3.05) is 5.32 Å². The predicted octanol–water partition coefficient (Wildman–Crippen LogP) is 7.69. The molecular weight excluding hydrogens is 338 g/mol. The van der Waals surface area contributed by atoms with E-state index in [-0.39, 0.29) is 5.41 Å². The molecule has 0 radical (unpaired) electrons. The highest BCUT2D eigenvalue weighted by atomic mass is 14.9. The van der Waals surface area contributed by atoms with Crippen molar-refractivity contribution in [3.05, 3.63) is 114 Å². The zero-order valence-corrected chi connectivity index (χ0v) is 17.3. The largest absolute Gasteiger partial charge is 0.356 e. The van der Waals surface area contributed by atoms with E-state index in [0.717, 1.165) is 22.5 Å². The SMILES string of the molecule is C=C1C(=C)/C(=C\C(=C/C)Nc2cccc(-c3ccccc3)c2)C(C)(C)/C1=C/C. The minimum atomic E-state index is -0.0925. The summed E-state index contributed by atoms with van der Waals surface area (Å²) >= 11 is 0. The molecule has 0 saturated heterocycles. The highest BCUT2D eigenvalue weighted by Crippen LogP contribution is 2.52. The van der Waals surface area contributed by atoms with Crippen LogP contribution in [-0.4, -0.2) is 0 Å². The quantitative estimate of drug-likeness (QED) is 0.584. The molecule has 1 saturated carbocycles. The summed E-state index contributed by atoms with van der Waals surface area (Å²) in [7, 11) is 0. The van der Waals surface area contributed by atoms with E-state index >= 15 is 0 Å². The first-order valence-electron chi connectivity index (χ1n) is 9.75. The van der Waals surface area contributed by atoms with Gasteiger partial charge in [-0.3, -0.25) is 0 Å². The van der Waals surface area contributed by atoms with Crippen molar-refractivity contribution >= 4 is 5.69 Å². The lowest BCUT2D eigenvalue weighted by atomic mass is 9.82. The third-order valence-corrected chi connectivity index (χ3v) is 5.52. The van der Waals surface area contributed by atoms with Crippen molar-refractivity contribution in [1.29, 1.82) is 0 Å². The maximum absolute atomic E-state index is 4.29. The smallest absolute Gasteiger partial charge is 0.0390 e. The fraction of sp³-hybridized carbons (Fsp3) is 0.185. The third kappa shape index (κ3) is 3.66. The Morgan fingerprint density at radius 3 is 2.11 bits per heavy atom. The van der Waals surface area contributed by atoms with Crippen LogP contribution < -0.4 is 5.32 Å². The second kappa shape index (κ2) is 7.90. The second-order valence-electron chi connectivity index (χ2n) is 7.66. The summed E-state index contributed by atoms with van der Waals surface area (Å²) in [5.74, 6) is 0. The van der Waals surface area contributed by atoms with Crippen molar-refractivity contribution in [2.45, 2.75) is 27.7 Å². The average Bonchev–Trinajstić information content (AvgIpc) is 2.87. The van der Waals surface area contributed by atoms with Gasteiger partial charge in [0.25, 0.3) is 0 Å². The van der Waals surface area contributed by atoms with Gasteiger partial charge in [0, 0.05) is 16.8 Å². The molecule has 142 valence electrons. The molecule has 0 unspecified atom stereocenters. The minimum absolute atomic E-state index is 0.0925. The van der Waals surface area contributed by atoms with E-state index < -0.39 is 0 Å². The summed E-state index contributed by atoms with van der Waals surface area (Å²) < 4.78 is 0. The zero-order valence-electron chi connectivity index (χ0n) is 17.3. The molecule has 0 heterocycles. The Morgan fingerprint density at radius 1 is 0.857 bits per heavy atom. The molecule has 0 spiro atoms. The van der Waals surface area contributed by atoms with E-state index in [1.165, 1.54) is 22.3 Å². The van der Waals surface area contributed by atoms with Gasteiger partial charge in [-0.25, -0.2) is 0 Å². The van der Waals surface area contributed by atoms with Gasteiger partial charge in [0.1, 0.15) is 0 Å². The van der Waals surface area contributed by atoms with Crippen molar-refractivity contribution in [3.63, 3.8) is 0 Å². The Hall–Kier alpha value is -3.06. The fourth-order valence-electron chi connectivity index (χ4n) is 3.95. The van der Waals surface area contributed by atoms with Gasteiger partial charge in [-0.05, 0) is 65.5 Å². The van der Waals surface area contributed by atoms with Crippen molar-refractivity contribution in [2.24, 2.45) is 5.41 Å². The third-order valence-electron chi connectivity index (χ3n) is 5.52. The van der Waals surface area contributed by atoms with Crippen LogP contribution in [-0.2, 0) is 0 Å². The van der Waals surface area contributed by atoms with Crippen LogP contribution in [0.3, 0.4) is 0 Å². The Kier molecular flexibility index (Phi) is 5.56. The van der Waals surface area contributed by atoms with Crippen molar-refractivity contribution < 1.29 is 0 Å². The lowest BCUT2D eigenvalue weighted by Gasteiger charge is -2.22. The van der Waals surface area contributed by atoms with Gasteiger partial charge in [-0.2, -0.15) is 0 Å². The Labute approximate surface area is 169 Å². The van der Waals surface area contributed by atoms with E-state index in [1.807, 2.05) is 6.07 Å². The van der Waals surface area contributed by atoms with Gasteiger partial charge in [0.2, 0.25) is 0 Å². The monoisotopic (exact) mass is 367 g/mol. The minimum Gasteiger partial charge on any atom is -0.356 e. The number of nitrogens with one attached hydrogen (secondary N) is 1. The fourth-order valence-corrected chi connectivity index (χ4v) is 3.95. The highest BCUT2D eigenvalue weighted by molar-refractivity contribution is 5.71. The number of hydrogen-bond acceptors (Lipinski definition) is 1. The molecule has 0 bridgehead atoms. The Bertz CT molecular complexity index is 998. The van der Waals surface area contributed by atoms with E-state index in [0.29, 0.717) is 0 Å². The summed E-state index contributed by atoms with van der Waals surface area (Å²) in [6.45, 7) is 17.1. The molecule has 1 aliphatic carbocycles. The molecule has 1 aliphatic rings. The molecule has 1 heteroatoms. The van der Waals surface area contributed by atoms with Crippen LogP contribution >= 0.6 is 0 Å². The van der Waals surface area contributed by atoms with Crippen LogP contribution in [0.1, 0.15) is 27.7 Å². The lowest BCUT2D eigenvalue weighted by molar-refractivity contribution is 0.582. The van der Waals surface area contributed by atoms with Crippen LogP contribution in [0, 0.1) is 5.41 Å². The second-order valence-corrected chi connectivity index (χ2v) is 7.66. The first kappa shape index (κ1) is 19.7. The van der Waals surface area contributed by atoms with Gasteiger partial charge < -0.3 is 5.32 Å². The van der Waals surface area contributed by atoms with E-state index in [2.05, 4.69) is 113 Å². The Balaban J connectivity index is 1.91. The summed E-state index contributed by atoms with van der Waals surface area (Å²) in [6, 6.07) is 18.9. The molecule has 0 aliphatic heterocycles. The van der Waals surface area contributed by atoms with Gasteiger partial charge >= 0.3 is 0 Å². The number of benzene rings is 2. The molecule has 2 aromatic rings. The van der Waals surface area contributed by atoms with E-state index in [9.17, 15) is 0 Å². The zero-order chi connectivity index (χ0) is 20.3. The summed E-state index contributed by atoms with van der Waals surface area (Å²) in [5.41, 5.74) is 8.98. The summed E-state index contributed by atoms with van der Waals surface area (Å²) in [5, 5.41) is 3.57. The molecule has 0 amide bonds. The molecule has 1 nitrogen and oxygen atoms in total. The first-order chi connectivity index (χ1) is 13.4. The highest BCUT2D eigenvalue weighted by Gasteiger charge is 2.38. The van der Waals surface area contributed by atoms with Gasteiger partial charge in [0.05, 0.1) is 0 Å². The van der Waals surface area contributed by atoms with Gasteiger partial charge in [-0.1, -0.05) is 81.6 Å². The number of rotatable bonds is 4. The van der Waals surface area contributed by atoms with Gasteiger partial charge in [-0.15, -0.1) is 0 Å². The molecule has 3 rings (SSSR count).